The van der Waals surface area contributed by atoms with Gasteiger partial charge in [0, 0.05) is 24.3 Å². The van der Waals surface area contributed by atoms with E-state index in [4.69, 9.17) is 5.26 Å². The first-order valence-corrected chi connectivity index (χ1v) is 6.11. The number of benzene rings is 1. The number of aliphatic hydroxyl groups excluding tert-OH is 1. The molecule has 0 spiro atoms. The molecule has 1 atom stereocenters. The molecule has 0 aliphatic carbocycles. The number of likely N-dealkylation sites (N-methyl/N-ethyl adjacent to an activating group) is 1. The Hall–Kier alpha value is -1.79. The first kappa shape index (κ1) is 14.3. The van der Waals surface area contributed by atoms with Crippen molar-refractivity contribution in [3.8, 4) is 6.07 Å². The van der Waals surface area contributed by atoms with Gasteiger partial charge in [0.25, 0.3) is 0 Å². The number of anilines is 1. The molecule has 0 aliphatic rings. The predicted octanol–water partition coefficient (Wildman–Crippen LogP) is 3.01. The second-order valence-electron chi connectivity index (χ2n) is 4.53. The Morgan fingerprint density at radius 1 is 1.56 bits per heavy atom. The second kappa shape index (κ2) is 6.23. The van der Waals surface area contributed by atoms with Crippen LogP contribution < -0.4 is 4.90 Å². The van der Waals surface area contributed by atoms with Gasteiger partial charge in [0.1, 0.15) is 0 Å². The minimum absolute atomic E-state index is 0.549. The van der Waals surface area contributed by atoms with Crippen LogP contribution in [0.15, 0.2) is 30.4 Å². The number of hydrogen-bond donors (Lipinski definition) is 1. The highest BCUT2D eigenvalue weighted by Crippen LogP contribution is 2.28. The number of hydrogen-bond acceptors (Lipinski definition) is 3. The third-order valence-electron chi connectivity index (χ3n) is 2.79. The summed E-state index contributed by atoms with van der Waals surface area (Å²) in [5.41, 5.74) is 3.41. The average molecular weight is 244 g/mol. The topological polar surface area (TPSA) is 47.3 Å². The molecule has 0 unspecified atom stereocenters. The van der Waals surface area contributed by atoms with Gasteiger partial charge in [-0.15, -0.1) is 0 Å². The smallest absolute Gasteiger partial charge is 0.0992 e. The molecule has 0 heterocycles. The molecule has 18 heavy (non-hydrogen) atoms. The fraction of sp³-hybridized carbons (Fsp3) is 0.400. The van der Waals surface area contributed by atoms with E-state index in [1.54, 1.807) is 13.0 Å². The molecule has 3 nitrogen and oxygen atoms in total. The fourth-order valence-corrected chi connectivity index (χ4v) is 1.93. The van der Waals surface area contributed by atoms with Gasteiger partial charge in [-0.3, -0.25) is 0 Å². The van der Waals surface area contributed by atoms with Crippen molar-refractivity contribution in [2.75, 3.05) is 18.0 Å². The van der Waals surface area contributed by atoms with Crippen LogP contribution in [0, 0.1) is 11.3 Å². The van der Waals surface area contributed by atoms with E-state index in [1.807, 2.05) is 26.0 Å². The molecule has 0 aromatic heterocycles. The van der Waals surface area contributed by atoms with Crippen LogP contribution in [0.4, 0.5) is 5.69 Å². The Kier molecular flexibility index (Phi) is 4.94. The van der Waals surface area contributed by atoms with E-state index >= 15 is 0 Å². The zero-order valence-electron chi connectivity index (χ0n) is 11.3. The molecule has 0 fully saturated rings. The predicted molar refractivity (Wildman–Crippen MR) is 74.5 cm³/mol. The highest BCUT2D eigenvalue weighted by atomic mass is 16.3. The van der Waals surface area contributed by atoms with Gasteiger partial charge in [0.15, 0.2) is 0 Å². The van der Waals surface area contributed by atoms with Crippen molar-refractivity contribution < 1.29 is 5.11 Å². The van der Waals surface area contributed by atoms with Crippen LogP contribution in [0.5, 0.6) is 0 Å². The van der Waals surface area contributed by atoms with E-state index in [2.05, 4.69) is 17.5 Å². The molecular formula is C15H20N2O. The summed E-state index contributed by atoms with van der Waals surface area (Å²) in [7, 11) is 0. The minimum atomic E-state index is -0.549. The summed E-state index contributed by atoms with van der Waals surface area (Å²) in [5, 5.41) is 18.8. The van der Waals surface area contributed by atoms with Crippen LogP contribution in [0.1, 0.15) is 38.0 Å². The molecule has 0 saturated heterocycles. The van der Waals surface area contributed by atoms with E-state index in [9.17, 15) is 5.11 Å². The SMILES string of the molecule is C=C(C)CN(CC)c1cc(C#N)ccc1[C@H](C)O. The summed E-state index contributed by atoms with van der Waals surface area (Å²) in [5.74, 6) is 0. The monoisotopic (exact) mass is 244 g/mol. The maximum atomic E-state index is 9.81. The fourth-order valence-electron chi connectivity index (χ4n) is 1.93. The van der Waals surface area contributed by atoms with Gasteiger partial charge in [-0.25, -0.2) is 0 Å². The summed E-state index contributed by atoms with van der Waals surface area (Å²) < 4.78 is 0. The van der Waals surface area contributed by atoms with Gasteiger partial charge in [0.05, 0.1) is 17.7 Å². The van der Waals surface area contributed by atoms with Crippen LogP contribution in [-0.2, 0) is 0 Å². The Morgan fingerprint density at radius 3 is 2.67 bits per heavy atom. The Bertz CT molecular complexity index is 472. The van der Waals surface area contributed by atoms with E-state index in [0.717, 1.165) is 29.9 Å². The number of nitrogens with zero attached hydrogens (tertiary/aromatic N) is 2. The van der Waals surface area contributed by atoms with Crippen molar-refractivity contribution in [2.24, 2.45) is 0 Å². The van der Waals surface area contributed by atoms with Crippen LogP contribution in [-0.4, -0.2) is 18.2 Å². The molecular weight excluding hydrogens is 224 g/mol. The lowest BCUT2D eigenvalue weighted by atomic mass is 10.0. The van der Waals surface area contributed by atoms with Gasteiger partial charge < -0.3 is 10.0 Å². The Morgan fingerprint density at radius 2 is 2.22 bits per heavy atom. The average Bonchev–Trinajstić information content (AvgIpc) is 2.34. The standard InChI is InChI=1S/C15H20N2O/c1-5-17(10-11(2)3)15-8-13(9-16)6-7-14(15)12(4)18/h6-8,12,18H,2,5,10H2,1,3-4H3/t12-/m0/s1. The summed E-state index contributed by atoms with van der Waals surface area (Å²) in [6.45, 7) is 11.2. The van der Waals surface area contributed by atoms with Gasteiger partial charge in [0.2, 0.25) is 0 Å². The van der Waals surface area contributed by atoms with Crippen molar-refractivity contribution in [1.82, 2.24) is 0 Å². The van der Waals surface area contributed by atoms with E-state index < -0.39 is 6.10 Å². The summed E-state index contributed by atoms with van der Waals surface area (Å²) in [6, 6.07) is 7.52. The molecule has 0 amide bonds. The Balaban J connectivity index is 3.24. The third-order valence-corrected chi connectivity index (χ3v) is 2.79. The molecule has 0 saturated carbocycles. The van der Waals surface area contributed by atoms with Crippen molar-refractivity contribution in [3.05, 3.63) is 41.5 Å². The van der Waals surface area contributed by atoms with E-state index in [-0.39, 0.29) is 0 Å². The largest absolute Gasteiger partial charge is 0.389 e. The molecule has 0 bridgehead atoms. The molecule has 1 aromatic rings. The molecule has 0 aliphatic heterocycles. The van der Waals surface area contributed by atoms with Gasteiger partial charge in [-0.05, 0) is 32.9 Å². The summed E-state index contributed by atoms with van der Waals surface area (Å²) in [4.78, 5) is 2.12. The molecule has 1 N–H and O–H groups in total. The van der Waals surface area contributed by atoms with E-state index in [1.165, 1.54) is 0 Å². The second-order valence-corrected chi connectivity index (χ2v) is 4.53. The first-order valence-electron chi connectivity index (χ1n) is 6.11. The maximum Gasteiger partial charge on any atom is 0.0992 e. The highest BCUT2D eigenvalue weighted by molar-refractivity contribution is 5.59. The molecule has 0 radical (unpaired) electrons. The lowest BCUT2D eigenvalue weighted by Crippen LogP contribution is -2.26. The number of aliphatic hydroxyl groups is 1. The lowest BCUT2D eigenvalue weighted by molar-refractivity contribution is 0.199. The van der Waals surface area contributed by atoms with Gasteiger partial charge in [-0.2, -0.15) is 5.26 Å². The maximum absolute atomic E-state index is 9.81. The third kappa shape index (κ3) is 3.35. The van der Waals surface area contributed by atoms with Gasteiger partial charge >= 0.3 is 0 Å². The highest BCUT2D eigenvalue weighted by Gasteiger charge is 2.14. The van der Waals surface area contributed by atoms with Crippen LogP contribution in [0.3, 0.4) is 0 Å². The van der Waals surface area contributed by atoms with Crippen LogP contribution >= 0.6 is 0 Å². The first-order chi connectivity index (χ1) is 8.49. The zero-order valence-corrected chi connectivity index (χ0v) is 11.3. The van der Waals surface area contributed by atoms with Crippen molar-refractivity contribution in [1.29, 1.82) is 5.26 Å². The Labute approximate surface area is 109 Å². The van der Waals surface area contributed by atoms with Crippen molar-refractivity contribution in [3.63, 3.8) is 0 Å². The van der Waals surface area contributed by atoms with Crippen molar-refractivity contribution in [2.45, 2.75) is 26.9 Å². The number of rotatable bonds is 5. The quantitative estimate of drug-likeness (QED) is 0.810. The normalized spacial score (nSPS) is 11.7. The molecule has 1 aromatic carbocycles. The van der Waals surface area contributed by atoms with E-state index in [0.29, 0.717) is 5.56 Å². The summed E-state index contributed by atoms with van der Waals surface area (Å²) >= 11 is 0. The van der Waals surface area contributed by atoms with Crippen LogP contribution in [0.2, 0.25) is 0 Å². The molecule has 1 rings (SSSR count). The molecule has 96 valence electrons. The summed E-state index contributed by atoms with van der Waals surface area (Å²) in [6.07, 6.45) is -0.549. The zero-order chi connectivity index (χ0) is 13.7. The van der Waals surface area contributed by atoms with Crippen LogP contribution in [0.25, 0.3) is 0 Å². The lowest BCUT2D eigenvalue weighted by Gasteiger charge is -2.27. The number of nitriles is 1. The molecule has 3 heteroatoms. The van der Waals surface area contributed by atoms with Gasteiger partial charge in [-0.1, -0.05) is 18.2 Å². The van der Waals surface area contributed by atoms with Crippen molar-refractivity contribution >= 4 is 5.69 Å². The minimum Gasteiger partial charge on any atom is -0.389 e.